The summed E-state index contributed by atoms with van der Waals surface area (Å²) in [6, 6.07) is 0.543. The Balaban J connectivity index is 1.87. The quantitative estimate of drug-likeness (QED) is 0.850. The molecule has 1 aromatic rings. The zero-order valence-corrected chi connectivity index (χ0v) is 10.9. The van der Waals surface area contributed by atoms with Crippen LogP contribution in [0.3, 0.4) is 0 Å². The van der Waals surface area contributed by atoms with Gasteiger partial charge < -0.3 is 9.84 Å². The monoisotopic (exact) mass is 238 g/mol. The molecule has 0 spiro atoms. The molecule has 17 heavy (non-hydrogen) atoms. The fourth-order valence-corrected chi connectivity index (χ4v) is 2.15. The average Bonchev–Trinajstić information content (AvgIpc) is 2.64. The second-order valence-corrected chi connectivity index (χ2v) is 5.29. The maximum Gasteiger partial charge on any atom is 0.240 e. The van der Waals surface area contributed by atoms with E-state index in [2.05, 4.69) is 41.1 Å². The number of rotatable bonds is 4. The van der Waals surface area contributed by atoms with Crippen LogP contribution in [0.4, 0.5) is 0 Å². The molecule has 1 aromatic heterocycles. The molecule has 2 rings (SSSR count). The second kappa shape index (κ2) is 5.60. The van der Waals surface area contributed by atoms with Gasteiger partial charge >= 0.3 is 0 Å². The first-order valence-electron chi connectivity index (χ1n) is 6.40. The molecule has 5 nitrogen and oxygen atoms in total. The summed E-state index contributed by atoms with van der Waals surface area (Å²) in [5.41, 5.74) is 0. The van der Waals surface area contributed by atoms with E-state index < -0.39 is 0 Å². The Morgan fingerprint density at radius 1 is 1.53 bits per heavy atom. The molecular weight excluding hydrogens is 216 g/mol. The Morgan fingerprint density at radius 2 is 2.35 bits per heavy atom. The van der Waals surface area contributed by atoms with Crippen LogP contribution in [-0.2, 0) is 13.0 Å². The van der Waals surface area contributed by atoms with Gasteiger partial charge in [-0.2, -0.15) is 4.98 Å². The van der Waals surface area contributed by atoms with E-state index in [9.17, 15) is 0 Å². The zero-order chi connectivity index (χ0) is 12.3. The lowest BCUT2D eigenvalue weighted by Crippen LogP contribution is -2.48. The van der Waals surface area contributed by atoms with Gasteiger partial charge in [-0.15, -0.1) is 0 Å². The summed E-state index contributed by atoms with van der Waals surface area (Å²) in [4.78, 5) is 6.78. The van der Waals surface area contributed by atoms with E-state index in [0.29, 0.717) is 12.0 Å². The summed E-state index contributed by atoms with van der Waals surface area (Å²) in [7, 11) is 0. The highest BCUT2D eigenvalue weighted by Crippen LogP contribution is 2.08. The maximum atomic E-state index is 5.28. The van der Waals surface area contributed by atoms with Gasteiger partial charge in [0.25, 0.3) is 0 Å². The Bertz CT molecular complexity index is 350. The number of nitrogens with zero attached hydrogens (tertiary/aromatic N) is 3. The topological polar surface area (TPSA) is 54.2 Å². The van der Waals surface area contributed by atoms with E-state index in [4.69, 9.17) is 4.52 Å². The fourth-order valence-electron chi connectivity index (χ4n) is 2.15. The van der Waals surface area contributed by atoms with Crippen LogP contribution >= 0.6 is 0 Å². The van der Waals surface area contributed by atoms with Gasteiger partial charge in [0.15, 0.2) is 5.82 Å². The summed E-state index contributed by atoms with van der Waals surface area (Å²) < 4.78 is 5.28. The first-order chi connectivity index (χ1) is 8.13. The molecule has 0 amide bonds. The van der Waals surface area contributed by atoms with E-state index in [-0.39, 0.29) is 0 Å². The number of piperazine rings is 1. The Morgan fingerprint density at radius 3 is 3.06 bits per heavy atom. The van der Waals surface area contributed by atoms with Gasteiger partial charge in [-0.05, 0) is 12.8 Å². The van der Waals surface area contributed by atoms with Crippen molar-refractivity contribution in [3.8, 4) is 0 Å². The molecule has 0 saturated carbocycles. The molecule has 0 radical (unpaired) electrons. The molecule has 5 heteroatoms. The molecule has 2 heterocycles. The third kappa shape index (κ3) is 3.78. The van der Waals surface area contributed by atoms with Gasteiger partial charge in [-0.1, -0.05) is 19.0 Å². The molecule has 0 bridgehead atoms. The lowest BCUT2D eigenvalue weighted by molar-refractivity contribution is 0.177. The molecule has 1 atom stereocenters. The standard InChI is InChI=1S/C12H22N4O/c1-9(2)6-11-14-12(17-15-11)8-16-5-4-13-10(3)7-16/h9-10,13H,4-8H2,1-3H3/t10-/m1/s1. The lowest BCUT2D eigenvalue weighted by atomic mass is 10.1. The van der Waals surface area contributed by atoms with E-state index in [1.54, 1.807) is 0 Å². The minimum Gasteiger partial charge on any atom is -0.338 e. The molecule has 96 valence electrons. The van der Waals surface area contributed by atoms with Crippen LogP contribution in [0, 0.1) is 5.92 Å². The highest BCUT2D eigenvalue weighted by atomic mass is 16.5. The first-order valence-corrected chi connectivity index (χ1v) is 6.40. The van der Waals surface area contributed by atoms with Crippen LogP contribution in [0.15, 0.2) is 4.52 Å². The van der Waals surface area contributed by atoms with Crippen molar-refractivity contribution < 1.29 is 4.52 Å². The van der Waals surface area contributed by atoms with Crippen molar-refractivity contribution in [2.24, 2.45) is 5.92 Å². The number of hydrogen-bond donors (Lipinski definition) is 1. The lowest BCUT2D eigenvalue weighted by Gasteiger charge is -2.30. The molecule has 1 aliphatic heterocycles. The van der Waals surface area contributed by atoms with Gasteiger partial charge in [0.05, 0.1) is 6.54 Å². The molecule has 1 fully saturated rings. The van der Waals surface area contributed by atoms with Crippen molar-refractivity contribution in [3.63, 3.8) is 0 Å². The van der Waals surface area contributed by atoms with Crippen LogP contribution in [0.1, 0.15) is 32.5 Å². The van der Waals surface area contributed by atoms with E-state index >= 15 is 0 Å². The van der Waals surface area contributed by atoms with Gasteiger partial charge in [-0.25, -0.2) is 0 Å². The average molecular weight is 238 g/mol. The Labute approximate surface area is 103 Å². The van der Waals surface area contributed by atoms with Gasteiger partial charge in [0.1, 0.15) is 0 Å². The van der Waals surface area contributed by atoms with Crippen LogP contribution in [0.5, 0.6) is 0 Å². The van der Waals surface area contributed by atoms with E-state index in [1.165, 1.54) is 0 Å². The minimum atomic E-state index is 0.543. The SMILES string of the molecule is CC(C)Cc1noc(CN2CCN[C@H](C)C2)n1. The molecule has 0 aliphatic carbocycles. The highest BCUT2D eigenvalue weighted by Gasteiger charge is 2.18. The zero-order valence-electron chi connectivity index (χ0n) is 10.9. The van der Waals surface area contributed by atoms with Gasteiger partial charge in [-0.3, -0.25) is 4.90 Å². The smallest absolute Gasteiger partial charge is 0.240 e. The fraction of sp³-hybridized carbons (Fsp3) is 0.833. The summed E-state index contributed by atoms with van der Waals surface area (Å²) in [6.45, 7) is 10.4. The number of hydrogen-bond acceptors (Lipinski definition) is 5. The summed E-state index contributed by atoms with van der Waals surface area (Å²) in [5.74, 6) is 2.15. The molecule has 1 aliphatic rings. The predicted octanol–water partition coefficient (Wildman–Crippen LogP) is 1.06. The van der Waals surface area contributed by atoms with Gasteiger partial charge in [0.2, 0.25) is 5.89 Å². The third-order valence-electron chi connectivity index (χ3n) is 2.91. The molecule has 1 saturated heterocycles. The third-order valence-corrected chi connectivity index (χ3v) is 2.91. The van der Waals surface area contributed by atoms with E-state index in [1.807, 2.05) is 0 Å². The summed E-state index contributed by atoms with van der Waals surface area (Å²) in [5, 5.41) is 7.43. The summed E-state index contributed by atoms with van der Waals surface area (Å²) >= 11 is 0. The van der Waals surface area contributed by atoms with Crippen LogP contribution in [-0.4, -0.2) is 40.7 Å². The molecule has 1 N–H and O–H groups in total. The van der Waals surface area contributed by atoms with Crippen molar-refractivity contribution in [2.75, 3.05) is 19.6 Å². The van der Waals surface area contributed by atoms with E-state index in [0.717, 1.165) is 44.3 Å². The largest absolute Gasteiger partial charge is 0.338 e. The van der Waals surface area contributed by atoms with Crippen molar-refractivity contribution >= 4 is 0 Å². The highest BCUT2D eigenvalue weighted by molar-refractivity contribution is 4.88. The van der Waals surface area contributed by atoms with Gasteiger partial charge in [0, 0.05) is 32.1 Å². The summed E-state index contributed by atoms with van der Waals surface area (Å²) in [6.07, 6.45) is 0.890. The first kappa shape index (κ1) is 12.5. The van der Waals surface area contributed by atoms with Crippen LogP contribution < -0.4 is 5.32 Å². The number of nitrogens with one attached hydrogen (secondary N) is 1. The van der Waals surface area contributed by atoms with Crippen LogP contribution in [0.25, 0.3) is 0 Å². The molecule has 0 unspecified atom stereocenters. The predicted molar refractivity (Wildman–Crippen MR) is 65.6 cm³/mol. The van der Waals surface area contributed by atoms with Crippen molar-refractivity contribution in [1.82, 2.24) is 20.4 Å². The normalized spacial score (nSPS) is 22.2. The molecule has 0 aromatic carbocycles. The van der Waals surface area contributed by atoms with Crippen molar-refractivity contribution in [1.29, 1.82) is 0 Å². The minimum absolute atomic E-state index is 0.543. The number of aromatic nitrogens is 2. The maximum absolute atomic E-state index is 5.28. The Hall–Kier alpha value is -0.940. The molecular formula is C12H22N4O. The van der Waals surface area contributed by atoms with Crippen LogP contribution in [0.2, 0.25) is 0 Å². The second-order valence-electron chi connectivity index (χ2n) is 5.29. The Kier molecular flexibility index (Phi) is 4.12. The van der Waals surface area contributed by atoms with Crippen molar-refractivity contribution in [2.45, 2.75) is 39.8 Å². The van der Waals surface area contributed by atoms with Crippen molar-refractivity contribution in [3.05, 3.63) is 11.7 Å².